The molecule has 3 nitrogen and oxygen atoms in total. The smallest absolute Gasteiger partial charge is 0.316 e. The molecule has 0 saturated carbocycles. The quantitative estimate of drug-likeness (QED) is 0.683. The second kappa shape index (κ2) is 5.51. The second-order valence-corrected chi connectivity index (χ2v) is 4.35. The molecule has 102 valence electrons. The predicted molar refractivity (Wildman–Crippen MR) is 54.8 cm³/mol. The van der Waals surface area contributed by atoms with Crippen molar-refractivity contribution in [3.05, 3.63) is 17.5 Å². The molecule has 0 aliphatic rings. The van der Waals surface area contributed by atoms with E-state index in [1.807, 2.05) is 0 Å². The molecule has 0 fully saturated rings. The van der Waals surface area contributed by atoms with Crippen LogP contribution in [0.15, 0.2) is 4.90 Å². The number of benzene rings is 1. The van der Waals surface area contributed by atoms with Gasteiger partial charge in [0.25, 0.3) is 0 Å². The molecule has 1 N–H and O–H groups in total. The molecule has 1 rings (SSSR count). The molecule has 0 spiro atoms. The Morgan fingerprint density at radius 3 is 2.11 bits per heavy atom. The molecule has 0 radical (unpaired) electrons. The average molecular weight is 289 g/mol. The minimum Gasteiger partial charge on any atom is -0.491 e. The fourth-order valence-electron chi connectivity index (χ4n) is 1.30. The van der Waals surface area contributed by atoms with Crippen LogP contribution < -0.4 is 10.1 Å². The number of hydrogen-bond donors (Lipinski definition) is 1. The van der Waals surface area contributed by atoms with Crippen LogP contribution in [0.1, 0.15) is 0 Å². The van der Waals surface area contributed by atoms with E-state index in [-0.39, 0.29) is 0 Å². The molecule has 1 aromatic carbocycles. The van der Waals surface area contributed by atoms with Crippen LogP contribution in [-0.2, 0) is 10.8 Å². The van der Waals surface area contributed by atoms with Crippen LogP contribution in [0.4, 0.5) is 27.6 Å². The Balaban J connectivity index is 3.66. The molecular formula is C9H8F5NO2S. The van der Waals surface area contributed by atoms with E-state index in [1.54, 1.807) is 0 Å². The summed E-state index contributed by atoms with van der Waals surface area (Å²) in [5.41, 5.74) is -0.829. The molecular weight excluding hydrogens is 281 g/mol. The van der Waals surface area contributed by atoms with Gasteiger partial charge in [-0.2, -0.15) is 13.2 Å². The van der Waals surface area contributed by atoms with Gasteiger partial charge < -0.3 is 10.1 Å². The van der Waals surface area contributed by atoms with Crippen LogP contribution in [0.25, 0.3) is 0 Å². The minimum atomic E-state index is -3.47. The number of rotatable bonds is 4. The lowest BCUT2D eigenvalue weighted by Crippen LogP contribution is -2.13. The second-order valence-electron chi connectivity index (χ2n) is 2.99. The van der Waals surface area contributed by atoms with Gasteiger partial charge in [-0.15, -0.1) is 0 Å². The van der Waals surface area contributed by atoms with Crippen LogP contribution in [0.2, 0.25) is 0 Å². The van der Waals surface area contributed by atoms with Crippen LogP contribution in [0, 0.1) is 17.5 Å². The van der Waals surface area contributed by atoms with E-state index in [1.165, 1.54) is 0 Å². The zero-order valence-corrected chi connectivity index (χ0v) is 10.0. The van der Waals surface area contributed by atoms with Crippen LogP contribution in [0.3, 0.4) is 0 Å². The molecule has 0 aliphatic carbocycles. The van der Waals surface area contributed by atoms with Gasteiger partial charge in [0.1, 0.15) is 15.7 Å². The Kier molecular flexibility index (Phi) is 4.49. The third kappa shape index (κ3) is 2.26. The number of hydrogen-bond acceptors (Lipinski definition) is 3. The highest BCUT2D eigenvalue weighted by molar-refractivity contribution is 7.85. The van der Waals surface area contributed by atoms with Gasteiger partial charge in [0.2, 0.25) is 5.82 Å². The van der Waals surface area contributed by atoms with Gasteiger partial charge in [-0.25, -0.2) is 13.0 Å². The van der Waals surface area contributed by atoms with Crippen molar-refractivity contribution in [1.29, 1.82) is 0 Å². The van der Waals surface area contributed by atoms with E-state index in [0.29, 0.717) is 0 Å². The molecule has 1 unspecified atom stereocenters. The maximum atomic E-state index is 13.6. The highest BCUT2D eigenvalue weighted by atomic mass is 32.2. The summed E-state index contributed by atoms with van der Waals surface area (Å²) in [7, 11) is -1.23. The molecule has 1 atom stereocenters. The number of methoxy groups -OCH3 is 1. The van der Waals surface area contributed by atoms with Gasteiger partial charge in [0, 0.05) is 7.05 Å². The molecule has 0 heterocycles. The van der Waals surface area contributed by atoms with E-state index in [2.05, 4.69) is 10.1 Å². The highest BCUT2D eigenvalue weighted by Gasteiger charge is 2.31. The van der Waals surface area contributed by atoms with Crippen molar-refractivity contribution < 1.29 is 30.9 Å². The maximum absolute atomic E-state index is 13.6. The zero-order valence-electron chi connectivity index (χ0n) is 9.19. The Morgan fingerprint density at radius 1 is 1.17 bits per heavy atom. The Bertz CT molecular complexity index is 495. The van der Waals surface area contributed by atoms with Crippen LogP contribution >= 0.6 is 0 Å². The first-order valence-electron chi connectivity index (χ1n) is 4.47. The van der Waals surface area contributed by atoms with Gasteiger partial charge in [-0.05, 0) is 0 Å². The summed E-state index contributed by atoms with van der Waals surface area (Å²) in [5, 5.41) is 2.05. The lowest BCUT2D eigenvalue weighted by Gasteiger charge is -2.14. The normalized spacial score (nSPS) is 12.7. The van der Waals surface area contributed by atoms with Crippen LogP contribution in [0.5, 0.6) is 5.75 Å². The number of anilines is 1. The average Bonchev–Trinajstić information content (AvgIpc) is 2.33. The third-order valence-electron chi connectivity index (χ3n) is 2.05. The van der Waals surface area contributed by atoms with Crippen molar-refractivity contribution in [2.45, 2.75) is 10.7 Å². The fourth-order valence-corrected chi connectivity index (χ4v) is 2.14. The van der Waals surface area contributed by atoms with Crippen molar-refractivity contribution in [2.24, 2.45) is 0 Å². The standard InChI is InChI=1S/C9H8F5NO2S/c1-15-6-5(12)7(17-2)3(10)4(11)8(6)18(16)9(13)14/h9,15H,1-2H3. The van der Waals surface area contributed by atoms with Crippen LogP contribution in [-0.4, -0.2) is 24.1 Å². The van der Waals surface area contributed by atoms with Gasteiger partial charge in [0.05, 0.1) is 12.8 Å². The number of ether oxygens (including phenoxy) is 1. The van der Waals surface area contributed by atoms with E-state index in [9.17, 15) is 26.2 Å². The summed E-state index contributed by atoms with van der Waals surface area (Å²) < 4.78 is 80.4. The Labute approximate surface area is 101 Å². The number of alkyl halides is 2. The molecule has 18 heavy (non-hydrogen) atoms. The topological polar surface area (TPSA) is 38.3 Å². The largest absolute Gasteiger partial charge is 0.491 e. The molecule has 9 heteroatoms. The summed E-state index contributed by atoms with van der Waals surface area (Å²) in [6, 6.07) is 0. The molecule has 0 saturated heterocycles. The van der Waals surface area contributed by atoms with Crippen molar-refractivity contribution in [3.63, 3.8) is 0 Å². The van der Waals surface area contributed by atoms with E-state index in [0.717, 1.165) is 14.2 Å². The predicted octanol–water partition coefficient (Wildman–Crippen LogP) is 2.48. The summed E-state index contributed by atoms with van der Waals surface area (Å²) in [6.45, 7) is 0. The molecule has 1 aromatic rings. The first-order valence-corrected chi connectivity index (χ1v) is 5.69. The van der Waals surface area contributed by atoms with Crippen molar-refractivity contribution >= 4 is 16.5 Å². The van der Waals surface area contributed by atoms with Crippen molar-refractivity contribution in [2.75, 3.05) is 19.5 Å². The Morgan fingerprint density at radius 2 is 1.72 bits per heavy atom. The lowest BCUT2D eigenvalue weighted by molar-refractivity contribution is 0.243. The van der Waals surface area contributed by atoms with Crippen molar-refractivity contribution in [1.82, 2.24) is 0 Å². The first-order chi connectivity index (χ1) is 8.36. The first kappa shape index (κ1) is 14.7. The van der Waals surface area contributed by atoms with E-state index in [4.69, 9.17) is 0 Å². The fraction of sp³-hybridized carbons (Fsp3) is 0.333. The third-order valence-corrected chi connectivity index (χ3v) is 3.16. The summed E-state index contributed by atoms with van der Waals surface area (Å²) in [4.78, 5) is -1.26. The van der Waals surface area contributed by atoms with E-state index >= 15 is 0 Å². The van der Waals surface area contributed by atoms with Gasteiger partial charge in [-0.1, -0.05) is 0 Å². The summed E-state index contributed by atoms with van der Waals surface area (Å²) in [5.74, 6) is -9.62. The van der Waals surface area contributed by atoms with Gasteiger partial charge in [-0.3, -0.25) is 0 Å². The SMILES string of the molecule is CNc1c(F)c(OC)c(F)c(F)c1S(=O)C(F)F. The van der Waals surface area contributed by atoms with Crippen molar-refractivity contribution in [3.8, 4) is 5.75 Å². The minimum absolute atomic E-state index is 0.829. The van der Waals surface area contributed by atoms with Gasteiger partial charge in [0.15, 0.2) is 17.4 Å². The summed E-state index contributed by atoms with van der Waals surface area (Å²) >= 11 is 0. The lowest BCUT2D eigenvalue weighted by atomic mass is 10.2. The number of halogens is 5. The molecule has 0 bridgehead atoms. The Hall–Kier alpha value is -1.38. The summed E-state index contributed by atoms with van der Waals surface area (Å²) in [6.07, 6.45) is 0. The molecule has 0 aromatic heterocycles. The molecule has 0 amide bonds. The highest BCUT2D eigenvalue weighted by Crippen LogP contribution is 2.37. The molecule has 0 aliphatic heterocycles. The monoisotopic (exact) mass is 289 g/mol. The zero-order chi connectivity index (χ0) is 14.0. The maximum Gasteiger partial charge on any atom is 0.316 e. The van der Waals surface area contributed by atoms with E-state index < -0.39 is 50.3 Å². The van der Waals surface area contributed by atoms with Gasteiger partial charge >= 0.3 is 5.76 Å². The number of nitrogens with one attached hydrogen (secondary N) is 1.